The Hall–Kier alpha value is -1.95. The van der Waals surface area contributed by atoms with Crippen molar-refractivity contribution in [2.45, 2.75) is 50.8 Å². The Balaban J connectivity index is 6.10. The number of aliphatic carboxylic acids is 1. The summed E-state index contributed by atoms with van der Waals surface area (Å²) in [6.07, 6.45) is -10.4. The smallest absolute Gasteiger partial charge is 0.460 e. The van der Waals surface area contributed by atoms with Crippen LogP contribution < -0.4 is 0 Å². The number of hydrogen-bond acceptors (Lipinski definition) is 3. The van der Waals surface area contributed by atoms with Gasteiger partial charge in [0.05, 0.1) is 0 Å². The monoisotopic (exact) mass is 404 g/mol. The molecule has 0 aliphatic heterocycles. The Morgan fingerprint density at radius 1 is 0.846 bits per heavy atom. The molecule has 0 aliphatic rings. The highest BCUT2D eigenvalue weighted by Crippen LogP contribution is 2.56. The van der Waals surface area contributed by atoms with E-state index in [0.717, 1.165) is 0 Å². The molecule has 0 radical (unpaired) electrons. The summed E-state index contributed by atoms with van der Waals surface area (Å²) in [6.45, 7) is 2.13. The van der Waals surface area contributed by atoms with Gasteiger partial charge in [-0.1, -0.05) is 20.8 Å². The first-order valence-electron chi connectivity index (χ1n) is 6.51. The average molecular weight is 404 g/mol. The van der Waals surface area contributed by atoms with Gasteiger partial charge in [0.2, 0.25) is 0 Å². The van der Waals surface area contributed by atoms with Gasteiger partial charge in [0.25, 0.3) is 0 Å². The summed E-state index contributed by atoms with van der Waals surface area (Å²) in [6, 6.07) is 0. The summed E-state index contributed by atoms with van der Waals surface area (Å²) in [4.78, 5) is 21.5. The molecule has 0 saturated carbocycles. The SMILES string of the molecule is CC(C)(C)C(OC(=O)/C=C\C(=O)O)C(F)(F)C(F)(F)C(F)(F)C(F)(F)F. The topological polar surface area (TPSA) is 63.6 Å². The van der Waals surface area contributed by atoms with E-state index in [-0.39, 0.29) is 12.2 Å². The van der Waals surface area contributed by atoms with Gasteiger partial charge in [-0.2, -0.15) is 39.5 Å². The molecule has 26 heavy (non-hydrogen) atoms. The van der Waals surface area contributed by atoms with Gasteiger partial charge >= 0.3 is 35.9 Å². The molecule has 1 atom stereocenters. The number of halogens is 9. The lowest BCUT2D eigenvalue weighted by atomic mass is 9.81. The van der Waals surface area contributed by atoms with Crippen molar-refractivity contribution in [3.63, 3.8) is 0 Å². The molecule has 0 bridgehead atoms. The number of esters is 1. The van der Waals surface area contributed by atoms with Crippen molar-refractivity contribution in [1.29, 1.82) is 0 Å². The van der Waals surface area contributed by atoms with Crippen LogP contribution in [0.1, 0.15) is 20.8 Å². The molecule has 4 nitrogen and oxygen atoms in total. The molecule has 0 heterocycles. The second-order valence-corrected chi connectivity index (χ2v) is 6.12. The Morgan fingerprint density at radius 2 is 1.27 bits per heavy atom. The lowest BCUT2D eigenvalue weighted by Gasteiger charge is -2.41. The lowest BCUT2D eigenvalue weighted by Crippen LogP contribution is -2.66. The van der Waals surface area contributed by atoms with Gasteiger partial charge in [0, 0.05) is 17.6 Å². The maximum absolute atomic E-state index is 14.0. The van der Waals surface area contributed by atoms with Crippen LogP contribution in [0.3, 0.4) is 0 Å². The van der Waals surface area contributed by atoms with Crippen LogP contribution in [0.4, 0.5) is 39.5 Å². The normalized spacial score (nSPS) is 15.8. The highest BCUT2D eigenvalue weighted by Gasteiger charge is 2.84. The minimum Gasteiger partial charge on any atom is -0.478 e. The van der Waals surface area contributed by atoms with E-state index in [4.69, 9.17) is 5.11 Å². The molecule has 0 amide bonds. The summed E-state index contributed by atoms with van der Waals surface area (Å²) in [7, 11) is 0. The van der Waals surface area contributed by atoms with E-state index in [9.17, 15) is 49.1 Å². The number of rotatable bonds is 6. The van der Waals surface area contributed by atoms with Crippen molar-refractivity contribution in [2.75, 3.05) is 0 Å². The third-order valence-corrected chi connectivity index (χ3v) is 2.88. The Morgan fingerprint density at radius 3 is 1.58 bits per heavy atom. The molecular weight excluding hydrogens is 391 g/mol. The van der Waals surface area contributed by atoms with Crippen molar-refractivity contribution < 1.29 is 58.9 Å². The number of hydrogen-bond donors (Lipinski definition) is 1. The standard InChI is InChI=1S/C13H13F9O4/c1-9(2,3)8(26-7(25)5-4-6(23)24)10(14,15)11(16,17)12(18,19)13(20,21)22/h4-5,8H,1-3H3,(H,23,24)/b5-4-. The van der Waals surface area contributed by atoms with Crippen molar-refractivity contribution in [3.05, 3.63) is 12.2 Å². The van der Waals surface area contributed by atoms with Crippen LogP contribution in [-0.4, -0.2) is 47.1 Å². The molecule has 0 fully saturated rings. The van der Waals surface area contributed by atoms with Crippen LogP contribution in [-0.2, 0) is 14.3 Å². The van der Waals surface area contributed by atoms with Crippen LogP contribution in [0.15, 0.2) is 12.2 Å². The highest BCUT2D eigenvalue weighted by atomic mass is 19.4. The molecule has 0 aromatic heterocycles. The summed E-state index contributed by atoms with van der Waals surface area (Å²) >= 11 is 0. The highest BCUT2D eigenvalue weighted by molar-refractivity contribution is 5.90. The molecule has 13 heteroatoms. The zero-order chi connectivity index (χ0) is 21.4. The Kier molecular flexibility index (Phi) is 6.46. The summed E-state index contributed by atoms with van der Waals surface area (Å²) < 4.78 is 121. The zero-order valence-electron chi connectivity index (χ0n) is 13.3. The number of carboxylic acids is 1. The molecule has 0 spiro atoms. The van der Waals surface area contributed by atoms with Crippen molar-refractivity contribution in [2.24, 2.45) is 5.41 Å². The van der Waals surface area contributed by atoms with Gasteiger partial charge in [-0.3, -0.25) is 0 Å². The molecule has 0 aliphatic carbocycles. The second-order valence-electron chi connectivity index (χ2n) is 6.12. The Labute approximate surface area is 140 Å². The molecule has 0 aromatic carbocycles. The first kappa shape index (κ1) is 24.1. The zero-order valence-corrected chi connectivity index (χ0v) is 13.3. The van der Waals surface area contributed by atoms with E-state index in [1.807, 2.05) is 0 Å². The third-order valence-electron chi connectivity index (χ3n) is 2.88. The quantitative estimate of drug-likeness (QED) is 0.412. The fourth-order valence-corrected chi connectivity index (χ4v) is 1.64. The molecular formula is C13H13F9O4. The average Bonchev–Trinajstić information content (AvgIpc) is 2.39. The van der Waals surface area contributed by atoms with Crippen molar-refractivity contribution >= 4 is 11.9 Å². The number of carbonyl (C=O) groups is 2. The fraction of sp³-hybridized carbons (Fsp3) is 0.692. The van der Waals surface area contributed by atoms with Gasteiger partial charge in [-0.15, -0.1) is 0 Å². The van der Waals surface area contributed by atoms with Gasteiger partial charge < -0.3 is 9.84 Å². The van der Waals surface area contributed by atoms with E-state index >= 15 is 0 Å². The first-order chi connectivity index (χ1) is 11.2. The summed E-state index contributed by atoms with van der Waals surface area (Å²) in [5.74, 6) is -24.0. The molecule has 1 unspecified atom stereocenters. The van der Waals surface area contributed by atoms with Crippen LogP contribution in [0, 0.1) is 5.41 Å². The van der Waals surface area contributed by atoms with Gasteiger partial charge in [-0.05, 0) is 0 Å². The molecule has 0 rings (SSSR count). The van der Waals surface area contributed by atoms with E-state index < -0.39 is 47.4 Å². The van der Waals surface area contributed by atoms with Crippen LogP contribution in [0.2, 0.25) is 0 Å². The number of ether oxygens (including phenoxy) is 1. The lowest BCUT2D eigenvalue weighted by molar-refractivity contribution is -0.409. The molecule has 152 valence electrons. The largest absolute Gasteiger partial charge is 0.478 e. The summed E-state index contributed by atoms with van der Waals surface area (Å²) in [5, 5.41) is 8.25. The summed E-state index contributed by atoms with van der Waals surface area (Å²) in [5.41, 5.74) is -2.23. The van der Waals surface area contributed by atoms with Gasteiger partial charge in [0.15, 0.2) is 6.10 Å². The number of alkyl halides is 9. The van der Waals surface area contributed by atoms with E-state index in [1.165, 1.54) is 0 Å². The second kappa shape index (κ2) is 6.99. The minimum atomic E-state index is -7.14. The Bertz CT molecular complexity index is 573. The van der Waals surface area contributed by atoms with E-state index in [2.05, 4.69) is 4.74 Å². The number of carboxylic acid groups (broad SMARTS) is 1. The first-order valence-corrected chi connectivity index (χ1v) is 6.51. The minimum absolute atomic E-state index is 0.00278. The van der Waals surface area contributed by atoms with Crippen LogP contribution in [0.25, 0.3) is 0 Å². The van der Waals surface area contributed by atoms with Gasteiger partial charge in [-0.25, -0.2) is 9.59 Å². The van der Waals surface area contributed by atoms with E-state index in [0.29, 0.717) is 20.8 Å². The number of carbonyl (C=O) groups excluding carboxylic acids is 1. The van der Waals surface area contributed by atoms with Crippen LogP contribution >= 0.6 is 0 Å². The fourth-order valence-electron chi connectivity index (χ4n) is 1.64. The molecule has 0 aromatic rings. The van der Waals surface area contributed by atoms with Gasteiger partial charge in [0.1, 0.15) is 0 Å². The van der Waals surface area contributed by atoms with E-state index in [1.54, 1.807) is 0 Å². The predicted molar refractivity (Wildman–Crippen MR) is 67.0 cm³/mol. The maximum Gasteiger partial charge on any atom is 0.460 e. The third kappa shape index (κ3) is 4.61. The maximum atomic E-state index is 14.0. The van der Waals surface area contributed by atoms with Crippen molar-refractivity contribution in [1.82, 2.24) is 0 Å². The van der Waals surface area contributed by atoms with Crippen molar-refractivity contribution in [3.8, 4) is 0 Å². The molecule has 1 N–H and O–H groups in total. The predicted octanol–water partition coefficient (Wildman–Crippen LogP) is 4.05. The molecule has 0 saturated heterocycles. The van der Waals surface area contributed by atoms with Crippen LogP contribution in [0.5, 0.6) is 0 Å².